The molecule has 3 rings (SSSR count). The normalized spacial score (nSPS) is 16.4. The molecule has 0 aliphatic carbocycles. The molecule has 0 unspecified atom stereocenters. The summed E-state index contributed by atoms with van der Waals surface area (Å²) in [5, 5.41) is 3.46. The number of esters is 1. The van der Waals surface area contributed by atoms with Crippen LogP contribution in [0.5, 0.6) is 5.75 Å². The van der Waals surface area contributed by atoms with E-state index in [1.54, 1.807) is 31.2 Å². The summed E-state index contributed by atoms with van der Waals surface area (Å²) < 4.78 is 11.0. The lowest BCUT2D eigenvalue weighted by Gasteiger charge is -2.34. The largest absolute Gasteiger partial charge is 0.490 e. The summed E-state index contributed by atoms with van der Waals surface area (Å²) in [4.78, 5) is 26.9. The monoisotopic (exact) mass is 414 g/mol. The number of nitrogens with zero attached hydrogens (tertiary/aromatic N) is 1. The molecular formula is C22H23ClN2O4. The second-order valence-corrected chi connectivity index (χ2v) is 6.91. The zero-order valence-corrected chi connectivity index (χ0v) is 17.1. The Labute approximate surface area is 175 Å². The number of carbonyl (C=O) groups excluding carboxylic acids is 2. The first-order valence-corrected chi connectivity index (χ1v) is 9.78. The van der Waals surface area contributed by atoms with E-state index in [-0.39, 0.29) is 19.2 Å². The van der Waals surface area contributed by atoms with E-state index < -0.39 is 12.0 Å². The number of rotatable bonds is 7. The molecule has 2 amide bonds. The Kier molecular flexibility index (Phi) is 6.77. The van der Waals surface area contributed by atoms with E-state index in [4.69, 9.17) is 21.1 Å². The van der Waals surface area contributed by atoms with Gasteiger partial charge in [0.1, 0.15) is 19.0 Å². The molecule has 152 valence electrons. The van der Waals surface area contributed by atoms with Crippen molar-refractivity contribution in [3.63, 3.8) is 0 Å². The highest BCUT2D eigenvalue weighted by Gasteiger charge is 2.35. The van der Waals surface area contributed by atoms with E-state index in [9.17, 15) is 9.59 Å². The van der Waals surface area contributed by atoms with Crippen molar-refractivity contribution in [2.75, 3.05) is 19.8 Å². The van der Waals surface area contributed by atoms with Crippen LogP contribution < -0.4 is 10.1 Å². The number of halogens is 1. The molecule has 6 nitrogen and oxygen atoms in total. The van der Waals surface area contributed by atoms with Gasteiger partial charge in [-0.25, -0.2) is 9.59 Å². The molecule has 7 heteroatoms. The van der Waals surface area contributed by atoms with E-state index in [1.807, 2.05) is 37.3 Å². The van der Waals surface area contributed by atoms with E-state index in [0.29, 0.717) is 28.6 Å². The van der Waals surface area contributed by atoms with Crippen LogP contribution in [0.2, 0.25) is 5.02 Å². The number of para-hydroxylation sites is 1. The van der Waals surface area contributed by atoms with Gasteiger partial charge >= 0.3 is 12.0 Å². The van der Waals surface area contributed by atoms with E-state index in [2.05, 4.69) is 5.32 Å². The van der Waals surface area contributed by atoms with Crippen molar-refractivity contribution >= 4 is 23.6 Å². The number of nitrogens with one attached hydrogen (secondary N) is 1. The zero-order chi connectivity index (χ0) is 20.8. The summed E-state index contributed by atoms with van der Waals surface area (Å²) >= 11 is 5.97. The van der Waals surface area contributed by atoms with Gasteiger partial charge < -0.3 is 14.8 Å². The van der Waals surface area contributed by atoms with Crippen molar-refractivity contribution in [1.82, 2.24) is 10.2 Å². The Hall–Kier alpha value is -2.99. The topological polar surface area (TPSA) is 67.9 Å². The third-order valence-corrected chi connectivity index (χ3v) is 4.92. The SMILES string of the molecule is CCN1C(=O)N[C@@H](c2ccc(Cl)cc2)C(C(=O)OCCOc2ccccc2)=C1C. The van der Waals surface area contributed by atoms with E-state index in [0.717, 1.165) is 5.56 Å². The third kappa shape index (κ3) is 4.90. The lowest BCUT2D eigenvalue weighted by molar-refractivity contribution is -0.140. The van der Waals surface area contributed by atoms with Gasteiger partial charge in [0.25, 0.3) is 0 Å². The average molecular weight is 415 g/mol. The summed E-state index contributed by atoms with van der Waals surface area (Å²) in [5.74, 6) is 0.220. The van der Waals surface area contributed by atoms with Crippen LogP contribution in [-0.2, 0) is 9.53 Å². The summed E-state index contributed by atoms with van der Waals surface area (Å²) in [6.07, 6.45) is 0. The molecule has 0 bridgehead atoms. The molecule has 1 aliphatic rings. The number of hydrogen-bond acceptors (Lipinski definition) is 4. The Morgan fingerprint density at radius 1 is 1.10 bits per heavy atom. The van der Waals surface area contributed by atoms with Crippen molar-refractivity contribution < 1.29 is 19.1 Å². The first-order chi connectivity index (χ1) is 14.0. The highest BCUT2D eigenvalue weighted by molar-refractivity contribution is 6.30. The number of amides is 2. The van der Waals surface area contributed by atoms with Crippen LogP contribution >= 0.6 is 11.6 Å². The predicted octanol–water partition coefficient (Wildman–Crippen LogP) is 4.32. The minimum absolute atomic E-state index is 0.0952. The quantitative estimate of drug-likeness (QED) is 0.541. The lowest BCUT2D eigenvalue weighted by Crippen LogP contribution is -2.47. The number of ether oxygens (including phenoxy) is 2. The van der Waals surface area contributed by atoms with Crippen molar-refractivity contribution in [3.8, 4) is 5.75 Å². The number of benzene rings is 2. The van der Waals surface area contributed by atoms with Crippen LogP contribution in [0.15, 0.2) is 65.9 Å². The first-order valence-electron chi connectivity index (χ1n) is 9.40. The molecule has 1 aliphatic heterocycles. The Morgan fingerprint density at radius 2 is 1.79 bits per heavy atom. The fraction of sp³-hybridized carbons (Fsp3) is 0.273. The van der Waals surface area contributed by atoms with Gasteiger partial charge in [-0.15, -0.1) is 0 Å². The minimum atomic E-state index is -0.606. The predicted molar refractivity (Wildman–Crippen MR) is 111 cm³/mol. The van der Waals surface area contributed by atoms with Gasteiger partial charge in [0, 0.05) is 17.3 Å². The molecule has 0 saturated carbocycles. The van der Waals surface area contributed by atoms with Crippen molar-refractivity contribution in [1.29, 1.82) is 0 Å². The summed E-state index contributed by atoms with van der Waals surface area (Å²) in [6.45, 7) is 4.37. The third-order valence-electron chi connectivity index (χ3n) is 4.66. The maximum absolute atomic E-state index is 12.9. The average Bonchev–Trinajstić information content (AvgIpc) is 2.72. The second-order valence-electron chi connectivity index (χ2n) is 6.47. The molecule has 1 atom stereocenters. The maximum atomic E-state index is 12.9. The summed E-state index contributed by atoms with van der Waals surface area (Å²) in [6, 6.07) is 15.5. The van der Waals surface area contributed by atoms with Gasteiger partial charge in [-0.1, -0.05) is 41.9 Å². The molecule has 0 spiro atoms. The highest BCUT2D eigenvalue weighted by atomic mass is 35.5. The van der Waals surface area contributed by atoms with Crippen LogP contribution in [0.4, 0.5) is 4.79 Å². The molecule has 1 heterocycles. The van der Waals surface area contributed by atoms with Crippen molar-refractivity contribution in [2.45, 2.75) is 19.9 Å². The molecule has 0 aromatic heterocycles. The standard InChI is InChI=1S/C22H23ClN2O4/c1-3-25-15(2)19(20(24-22(25)27)16-9-11-17(23)12-10-16)21(26)29-14-13-28-18-7-5-4-6-8-18/h4-12,20H,3,13-14H2,1-2H3,(H,24,27)/t20-/m0/s1. The fourth-order valence-electron chi connectivity index (χ4n) is 3.22. The second kappa shape index (κ2) is 9.47. The van der Waals surface area contributed by atoms with Crippen LogP contribution in [0.3, 0.4) is 0 Å². The van der Waals surface area contributed by atoms with Crippen LogP contribution in [0, 0.1) is 0 Å². The van der Waals surface area contributed by atoms with E-state index in [1.165, 1.54) is 4.90 Å². The summed E-state index contributed by atoms with van der Waals surface area (Å²) in [7, 11) is 0. The van der Waals surface area contributed by atoms with Gasteiger partial charge in [-0.05, 0) is 43.7 Å². The van der Waals surface area contributed by atoms with Crippen LogP contribution in [0.1, 0.15) is 25.5 Å². The van der Waals surface area contributed by atoms with E-state index >= 15 is 0 Å². The van der Waals surface area contributed by atoms with Gasteiger partial charge in [-0.3, -0.25) is 4.90 Å². The molecule has 0 saturated heterocycles. The fourth-order valence-corrected chi connectivity index (χ4v) is 3.35. The number of urea groups is 1. The molecule has 2 aromatic carbocycles. The highest BCUT2D eigenvalue weighted by Crippen LogP contribution is 2.31. The number of hydrogen-bond donors (Lipinski definition) is 1. The van der Waals surface area contributed by atoms with Gasteiger partial charge in [-0.2, -0.15) is 0 Å². The molecule has 1 N–H and O–H groups in total. The summed E-state index contributed by atoms with van der Waals surface area (Å²) in [5.41, 5.74) is 1.73. The zero-order valence-electron chi connectivity index (χ0n) is 16.4. The van der Waals surface area contributed by atoms with Crippen LogP contribution in [0.25, 0.3) is 0 Å². The maximum Gasteiger partial charge on any atom is 0.338 e. The lowest BCUT2D eigenvalue weighted by atomic mass is 9.95. The Morgan fingerprint density at radius 3 is 2.45 bits per heavy atom. The molecule has 29 heavy (non-hydrogen) atoms. The molecule has 0 radical (unpaired) electrons. The van der Waals surface area contributed by atoms with Crippen molar-refractivity contribution in [3.05, 3.63) is 76.5 Å². The minimum Gasteiger partial charge on any atom is -0.490 e. The first kappa shape index (κ1) is 20.7. The smallest absolute Gasteiger partial charge is 0.338 e. The number of allylic oxidation sites excluding steroid dienone is 1. The molecular weight excluding hydrogens is 392 g/mol. The Bertz CT molecular complexity index is 897. The van der Waals surface area contributed by atoms with Crippen LogP contribution in [-0.4, -0.2) is 36.7 Å². The van der Waals surface area contributed by atoms with Gasteiger partial charge in [0.05, 0.1) is 11.6 Å². The molecule has 0 fully saturated rings. The Balaban J connectivity index is 1.75. The molecule has 2 aromatic rings. The number of carbonyl (C=O) groups is 2. The van der Waals surface area contributed by atoms with Gasteiger partial charge in [0.2, 0.25) is 0 Å². The van der Waals surface area contributed by atoms with Crippen molar-refractivity contribution in [2.24, 2.45) is 0 Å². The van der Waals surface area contributed by atoms with Gasteiger partial charge in [0.15, 0.2) is 0 Å².